The zero-order valence-electron chi connectivity index (χ0n) is 8.18. The van der Waals surface area contributed by atoms with Gasteiger partial charge in [0.1, 0.15) is 11.5 Å². The Balaban J connectivity index is 2.34. The molecule has 1 aromatic carbocycles. The number of H-pyrrole nitrogens is 1. The number of hydrogen-bond donors (Lipinski definition) is 2. The molecule has 3 aromatic rings. The molecule has 0 atom stereocenters. The average Bonchev–Trinajstić information content (AvgIpc) is 2.82. The molecule has 0 fully saturated rings. The van der Waals surface area contributed by atoms with Gasteiger partial charge in [0, 0.05) is 12.3 Å². The normalized spacial score (nSPS) is 11.0. The van der Waals surface area contributed by atoms with Crippen LogP contribution in [0.15, 0.2) is 39.7 Å². The highest BCUT2D eigenvalue weighted by Crippen LogP contribution is 2.19. The summed E-state index contributed by atoms with van der Waals surface area (Å²) in [6.45, 7) is 0. The molecule has 2 heterocycles. The van der Waals surface area contributed by atoms with Crippen molar-refractivity contribution in [1.29, 1.82) is 0 Å². The molecule has 2 aromatic heterocycles. The molecule has 0 saturated carbocycles. The van der Waals surface area contributed by atoms with Crippen LogP contribution in [0.4, 0.5) is 5.82 Å². The predicted octanol–water partition coefficient (Wildman–Crippen LogP) is 0.889. The number of nitrogen functional groups attached to an aromatic ring is 1. The van der Waals surface area contributed by atoms with Crippen LogP contribution in [-0.2, 0) is 0 Å². The number of nitrogens with two attached hydrogens (primary N) is 1. The molecule has 6 heteroatoms. The van der Waals surface area contributed by atoms with Gasteiger partial charge < -0.3 is 10.2 Å². The highest BCUT2D eigenvalue weighted by molar-refractivity contribution is 5.81. The topological polar surface area (TPSA) is 89.8 Å². The number of nitrogens with zero attached hydrogens (tertiary/aromatic N) is 2. The Morgan fingerprint density at radius 3 is 3.00 bits per heavy atom. The van der Waals surface area contributed by atoms with Gasteiger partial charge in [-0.05, 0) is 12.1 Å². The summed E-state index contributed by atoms with van der Waals surface area (Å²) < 4.78 is 6.61. The first-order valence-corrected chi connectivity index (χ1v) is 4.67. The third-order valence-corrected chi connectivity index (χ3v) is 2.28. The van der Waals surface area contributed by atoms with E-state index in [4.69, 9.17) is 10.2 Å². The summed E-state index contributed by atoms with van der Waals surface area (Å²) in [4.78, 5) is 13.7. The molecule has 0 saturated heterocycles. The quantitative estimate of drug-likeness (QED) is 0.632. The van der Waals surface area contributed by atoms with E-state index in [1.165, 1.54) is 0 Å². The van der Waals surface area contributed by atoms with Crippen LogP contribution in [0, 0.1) is 0 Å². The van der Waals surface area contributed by atoms with Crippen LogP contribution in [0.2, 0.25) is 0 Å². The van der Waals surface area contributed by atoms with E-state index < -0.39 is 5.76 Å². The lowest BCUT2D eigenvalue weighted by Gasteiger charge is -2.00. The standard InChI is InChI=1S/C10H8N4O2/c11-8-4-5-14(13-8)7-3-1-2-6-9(7)16-10(15)12-6/h1-5H,(H2,11,13)(H,12,15). The summed E-state index contributed by atoms with van der Waals surface area (Å²) in [5, 5.41) is 4.06. The number of rotatable bonds is 1. The Morgan fingerprint density at radius 2 is 2.25 bits per heavy atom. The van der Waals surface area contributed by atoms with Crippen LogP contribution < -0.4 is 11.5 Å². The number of hydrogen-bond acceptors (Lipinski definition) is 4. The second-order valence-corrected chi connectivity index (χ2v) is 3.35. The van der Waals surface area contributed by atoms with Gasteiger partial charge in [0.05, 0.1) is 5.52 Å². The molecule has 6 nitrogen and oxygen atoms in total. The van der Waals surface area contributed by atoms with Gasteiger partial charge in [-0.3, -0.25) is 4.98 Å². The number of nitrogens with one attached hydrogen (secondary N) is 1. The average molecular weight is 216 g/mol. The zero-order chi connectivity index (χ0) is 11.1. The molecular weight excluding hydrogens is 208 g/mol. The molecule has 0 aliphatic rings. The van der Waals surface area contributed by atoms with E-state index in [0.29, 0.717) is 22.6 Å². The first-order chi connectivity index (χ1) is 7.74. The van der Waals surface area contributed by atoms with E-state index in [9.17, 15) is 4.79 Å². The van der Waals surface area contributed by atoms with E-state index in [1.54, 1.807) is 35.1 Å². The van der Waals surface area contributed by atoms with Crippen molar-refractivity contribution in [1.82, 2.24) is 14.8 Å². The maximum Gasteiger partial charge on any atom is 0.417 e. The maximum atomic E-state index is 11.1. The summed E-state index contributed by atoms with van der Waals surface area (Å²) in [6.07, 6.45) is 1.71. The van der Waals surface area contributed by atoms with E-state index >= 15 is 0 Å². The molecule has 0 bridgehead atoms. The van der Waals surface area contributed by atoms with Crippen molar-refractivity contribution in [2.75, 3.05) is 5.73 Å². The lowest BCUT2D eigenvalue weighted by Crippen LogP contribution is -1.96. The highest BCUT2D eigenvalue weighted by atomic mass is 16.4. The molecule has 16 heavy (non-hydrogen) atoms. The SMILES string of the molecule is Nc1ccn(-c2cccc3[nH]c(=O)oc23)n1. The van der Waals surface area contributed by atoms with E-state index in [1.807, 2.05) is 0 Å². The van der Waals surface area contributed by atoms with Gasteiger partial charge >= 0.3 is 5.76 Å². The molecule has 3 N–H and O–H groups in total. The number of anilines is 1. The van der Waals surface area contributed by atoms with Gasteiger partial charge in [0.2, 0.25) is 0 Å². The number of para-hydroxylation sites is 1. The van der Waals surface area contributed by atoms with Crippen molar-refractivity contribution < 1.29 is 4.42 Å². The largest absolute Gasteiger partial charge is 0.417 e. The van der Waals surface area contributed by atoms with Gasteiger partial charge in [-0.25, -0.2) is 9.48 Å². The molecule has 0 aliphatic carbocycles. The van der Waals surface area contributed by atoms with Crippen molar-refractivity contribution in [2.24, 2.45) is 0 Å². The molecule has 0 radical (unpaired) electrons. The lowest BCUT2D eigenvalue weighted by atomic mass is 10.3. The molecule has 0 amide bonds. The fourth-order valence-corrected chi connectivity index (χ4v) is 1.61. The first kappa shape index (κ1) is 8.78. The van der Waals surface area contributed by atoms with Crippen LogP contribution in [0.3, 0.4) is 0 Å². The Hall–Kier alpha value is -2.50. The third-order valence-electron chi connectivity index (χ3n) is 2.28. The van der Waals surface area contributed by atoms with Crippen LogP contribution in [0.5, 0.6) is 0 Å². The van der Waals surface area contributed by atoms with Crippen molar-refractivity contribution >= 4 is 16.9 Å². The number of oxazole rings is 1. The minimum atomic E-state index is -0.484. The molecule has 0 aliphatic heterocycles. The van der Waals surface area contributed by atoms with Crippen molar-refractivity contribution in [2.45, 2.75) is 0 Å². The third kappa shape index (κ3) is 1.20. The van der Waals surface area contributed by atoms with Crippen LogP contribution in [0.25, 0.3) is 16.8 Å². The summed E-state index contributed by atoms with van der Waals surface area (Å²) >= 11 is 0. The second kappa shape index (κ2) is 2.99. The number of aromatic amines is 1. The second-order valence-electron chi connectivity index (χ2n) is 3.35. The van der Waals surface area contributed by atoms with Crippen LogP contribution in [-0.4, -0.2) is 14.8 Å². The Labute approximate surface area is 89.3 Å². The Morgan fingerprint density at radius 1 is 1.38 bits per heavy atom. The molecular formula is C10H8N4O2. The Kier molecular flexibility index (Phi) is 1.64. The molecule has 0 unspecified atom stereocenters. The minimum absolute atomic E-state index is 0.412. The van der Waals surface area contributed by atoms with Gasteiger partial charge in [0.15, 0.2) is 5.58 Å². The van der Waals surface area contributed by atoms with Gasteiger partial charge in [-0.15, -0.1) is 0 Å². The fraction of sp³-hybridized carbons (Fsp3) is 0. The molecule has 0 spiro atoms. The van der Waals surface area contributed by atoms with Crippen LogP contribution >= 0.6 is 0 Å². The monoisotopic (exact) mass is 216 g/mol. The number of fused-ring (bicyclic) bond motifs is 1. The first-order valence-electron chi connectivity index (χ1n) is 4.67. The zero-order valence-corrected chi connectivity index (χ0v) is 8.18. The van der Waals surface area contributed by atoms with Gasteiger partial charge in [-0.1, -0.05) is 6.07 Å². The predicted molar refractivity (Wildman–Crippen MR) is 58.4 cm³/mol. The Bertz CT molecular complexity index is 707. The summed E-state index contributed by atoms with van der Waals surface area (Å²) in [5.41, 5.74) is 7.31. The number of benzene rings is 1. The summed E-state index contributed by atoms with van der Waals surface area (Å²) in [6, 6.07) is 7.03. The van der Waals surface area contributed by atoms with Crippen molar-refractivity contribution in [3.63, 3.8) is 0 Å². The van der Waals surface area contributed by atoms with Gasteiger partial charge in [0.25, 0.3) is 0 Å². The summed E-state index contributed by atoms with van der Waals surface area (Å²) in [5.74, 6) is -0.0718. The molecule has 80 valence electrons. The van der Waals surface area contributed by atoms with E-state index in [2.05, 4.69) is 10.1 Å². The van der Waals surface area contributed by atoms with Crippen molar-refractivity contribution in [3.8, 4) is 5.69 Å². The summed E-state index contributed by atoms with van der Waals surface area (Å²) in [7, 11) is 0. The van der Waals surface area contributed by atoms with Crippen LogP contribution in [0.1, 0.15) is 0 Å². The fourth-order valence-electron chi connectivity index (χ4n) is 1.61. The van der Waals surface area contributed by atoms with Gasteiger partial charge in [-0.2, -0.15) is 5.10 Å². The highest BCUT2D eigenvalue weighted by Gasteiger charge is 2.08. The molecule has 3 rings (SSSR count). The number of aromatic nitrogens is 3. The van der Waals surface area contributed by atoms with Crippen molar-refractivity contribution in [3.05, 3.63) is 41.0 Å². The van der Waals surface area contributed by atoms with E-state index in [0.717, 1.165) is 0 Å². The van der Waals surface area contributed by atoms with E-state index in [-0.39, 0.29) is 0 Å². The lowest BCUT2D eigenvalue weighted by molar-refractivity contribution is 0.552. The maximum absolute atomic E-state index is 11.1. The minimum Gasteiger partial charge on any atom is -0.406 e. The smallest absolute Gasteiger partial charge is 0.406 e.